The predicted octanol–water partition coefficient (Wildman–Crippen LogP) is 17.2. The zero-order valence-corrected chi connectivity index (χ0v) is 77.9. The summed E-state index contributed by atoms with van der Waals surface area (Å²) in [6.45, 7) is 44.7. The Hall–Kier alpha value is -7.57. The Morgan fingerprint density at radius 2 is 0.786 bits per heavy atom. The molecule has 117 heavy (non-hydrogen) atoms. The smallest absolute Gasteiger partial charge is 0.350 e. The van der Waals surface area contributed by atoms with Gasteiger partial charge in [-0.25, -0.2) is 19.2 Å². The van der Waals surface area contributed by atoms with E-state index in [0.717, 1.165) is 76.9 Å². The number of rotatable bonds is 18. The number of ether oxygens (including phenoxy) is 6. The number of hydrogen-bond acceptors (Lipinski definition) is 20. The van der Waals surface area contributed by atoms with Gasteiger partial charge in [0.25, 0.3) is 0 Å². The number of hydrogen-bond donors (Lipinski definition) is 2. The van der Waals surface area contributed by atoms with Crippen LogP contribution in [0.4, 0.5) is 17.1 Å². The van der Waals surface area contributed by atoms with Crippen molar-refractivity contribution in [2.24, 2.45) is 45.3 Å². The number of carboxylic acids is 1. The van der Waals surface area contributed by atoms with Crippen LogP contribution in [0.3, 0.4) is 0 Å². The zero-order chi connectivity index (χ0) is 87.2. The topological polar surface area (TPSA) is 257 Å². The van der Waals surface area contributed by atoms with Crippen molar-refractivity contribution in [3.05, 3.63) is 67.8 Å². The number of esters is 3. The van der Waals surface area contributed by atoms with Gasteiger partial charge in [0.2, 0.25) is 29.5 Å². The van der Waals surface area contributed by atoms with Gasteiger partial charge in [0.1, 0.15) is 37.6 Å². The third-order valence-corrected chi connectivity index (χ3v) is 24.8. The molecule has 5 amide bonds. The van der Waals surface area contributed by atoms with Crippen molar-refractivity contribution in [2.75, 3.05) is 95.5 Å². The maximum atomic E-state index is 14.2. The fourth-order valence-electron chi connectivity index (χ4n) is 13.5. The molecule has 3 aliphatic heterocycles. The molecule has 7 heterocycles. The highest BCUT2D eigenvalue weighted by Gasteiger charge is 2.43. The van der Waals surface area contributed by atoms with Crippen molar-refractivity contribution >= 4 is 132 Å². The molecule has 4 aromatic heterocycles. The Morgan fingerprint density at radius 3 is 1.13 bits per heavy atom. The molecule has 22 nitrogen and oxygen atoms in total. The van der Waals surface area contributed by atoms with E-state index >= 15 is 0 Å². The fourth-order valence-corrected chi connectivity index (χ4v) is 17.8. The summed E-state index contributed by atoms with van der Waals surface area (Å²) in [5.41, 5.74) is 0.655. The van der Waals surface area contributed by atoms with Crippen molar-refractivity contribution in [1.82, 2.24) is 14.7 Å². The van der Waals surface area contributed by atoms with Gasteiger partial charge in [0, 0.05) is 77.2 Å². The van der Waals surface area contributed by atoms with Crippen LogP contribution in [0, 0.1) is 92.7 Å². The SMILES string of the molecule is CC[C@@H](C(=O)N1CCOC(C)C1)N(C(=O)C1CCC(C)CC1)c1cc(C#CC(C)(C)C)sc1C(=O)O.CC[C@@H](C(=O)N1CCOC(C)C1)N(C(=O)C1CCC(C)CC1)c1cc(C#CC(C)(C)C)sc1C(=O)OC.CC[C@H](Nc1cc(C#CC(C)(C)C)sc1C(=O)OC)C(=O)N1CCOC(C)C1.COC(=O)c1sc(C#CC(C)(C)C)cc1Br. The van der Waals surface area contributed by atoms with E-state index in [0.29, 0.717) is 126 Å². The second-order valence-corrected chi connectivity index (χ2v) is 39.8. The number of carboxylic acid groups (broad SMARTS) is 1. The van der Waals surface area contributed by atoms with Crippen LogP contribution in [0.5, 0.6) is 0 Å². The first-order valence-electron chi connectivity index (χ1n) is 40.8. The summed E-state index contributed by atoms with van der Waals surface area (Å²) in [5, 5.41) is 13.3. The summed E-state index contributed by atoms with van der Waals surface area (Å²) >= 11 is 8.22. The van der Waals surface area contributed by atoms with Gasteiger partial charge in [-0.2, -0.15) is 0 Å². The van der Waals surface area contributed by atoms with E-state index in [-0.39, 0.29) is 97.9 Å². The summed E-state index contributed by atoms with van der Waals surface area (Å²) in [6.07, 6.45) is 8.22. The lowest BCUT2D eigenvalue weighted by Gasteiger charge is -2.39. The van der Waals surface area contributed by atoms with E-state index in [1.807, 2.05) is 142 Å². The number of morpholine rings is 3. The monoisotopic (exact) mass is 1750 g/mol. The van der Waals surface area contributed by atoms with Crippen LogP contribution in [-0.2, 0) is 52.4 Å². The summed E-state index contributed by atoms with van der Waals surface area (Å²) < 4.78 is 32.2. The first kappa shape index (κ1) is 98.3. The largest absolute Gasteiger partial charge is 0.477 e. The zero-order valence-electron chi connectivity index (χ0n) is 73.0. The van der Waals surface area contributed by atoms with Crippen molar-refractivity contribution in [2.45, 2.75) is 246 Å². The number of methoxy groups -OCH3 is 3. The Labute approximate surface area is 719 Å². The predicted molar refractivity (Wildman–Crippen MR) is 470 cm³/mol. The molecule has 642 valence electrons. The molecule has 5 aliphatic rings. The van der Waals surface area contributed by atoms with Gasteiger partial charge >= 0.3 is 23.9 Å². The standard InChI is InChI=1S/C29H42N2O5S.C28H40N2O5S.C21H30N2O4S.C12H13BrO2S/c1-8-23(27(33)30-15-16-36-20(3)18-30)31(26(32)21-11-9-19(2)10-12-21)24-17-22(13-14-29(4,5)6)37-25(24)28(34)35-7;1-7-22(26(32)29-14-15-35-19(3)17-29)30(25(31)20-10-8-18(2)9-11-20)23-16-21(12-13-28(4,5)6)36-24(23)27(33)34;1-7-16(19(24)23-10-11-27-14(2)13-23)22-17-12-15(8-9-21(3,4)5)28-18(17)20(25)26-6;1-12(2,3)6-5-8-7-9(13)10(16-8)11(14)15-4/h17,19-21,23H,8-12,15-16,18H2,1-7H3;16,18-20,22H,7-11,14-15,17H2,1-6H3,(H,33,34);12,14,16,22H,7,10-11,13H2,1-6H3;7H,1-4H3/t19?,20?,21?,23-;18?,19?,20?,22-;14?,16-;/m000./s1. The number of halogens is 1. The summed E-state index contributed by atoms with van der Waals surface area (Å²) in [6, 6.07) is 5.22. The minimum atomic E-state index is -1.11. The van der Waals surface area contributed by atoms with Gasteiger partial charge in [-0.05, 0) is 227 Å². The van der Waals surface area contributed by atoms with E-state index in [1.54, 1.807) is 26.8 Å². The van der Waals surface area contributed by atoms with Crippen LogP contribution in [-0.4, -0.2) is 190 Å². The van der Waals surface area contributed by atoms with E-state index in [4.69, 9.17) is 23.7 Å². The third kappa shape index (κ3) is 30.0. The molecular weight excluding hydrogens is 1630 g/mol. The second kappa shape index (κ2) is 44.6. The molecule has 27 heteroatoms. The fraction of sp³-hybridized carbons (Fsp3) is 0.633. The van der Waals surface area contributed by atoms with Crippen LogP contribution >= 0.6 is 61.3 Å². The molecule has 3 saturated heterocycles. The number of amides is 5. The molecule has 2 N–H and O–H groups in total. The third-order valence-electron chi connectivity index (χ3n) is 19.8. The molecule has 2 saturated carbocycles. The van der Waals surface area contributed by atoms with Crippen molar-refractivity contribution in [1.29, 1.82) is 0 Å². The lowest BCUT2D eigenvalue weighted by molar-refractivity contribution is -0.141. The number of aromatic carboxylic acids is 1. The molecule has 0 spiro atoms. The number of thiophene rings is 4. The summed E-state index contributed by atoms with van der Waals surface area (Å²) in [5.74, 6) is 22.9. The van der Waals surface area contributed by atoms with Crippen molar-refractivity contribution in [3.8, 4) is 47.4 Å². The average Bonchev–Trinajstić information content (AvgIpc) is 1.70. The van der Waals surface area contributed by atoms with Crippen molar-refractivity contribution in [3.63, 3.8) is 0 Å². The lowest BCUT2D eigenvalue weighted by Crippen LogP contribution is -2.56. The minimum absolute atomic E-state index is 0.0157. The van der Waals surface area contributed by atoms with Crippen LogP contribution in [0.1, 0.15) is 267 Å². The van der Waals surface area contributed by atoms with Gasteiger partial charge < -0.3 is 53.5 Å². The maximum Gasteiger partial charge on any atom is 0.350 e. The van der Waals surface area contributed by atoms with Crippen LogP contribution in [0.25, 0.3) is 0 Å². The molecule has 3 unspecified atom stereocenters. The second-order valence-electron chi connectivity index (χ2n) is 34.8. The first-order valence-corrected chi connectivity index (χ1v) is 44.8. The highest BCUT2D eigenvalue weighted by molar-refractivity contribution is 9.10. The first-order chi connectivity index (χ1) is 54.8. The summed E-state index contributed by atoms with van der Waals surface area (Å²) in [4.78, 5) is 130. The molecule has 2 aliphatic carbocycles. The van der Waals surface area contributed by atoms with E-state index in [1.165, 1.54) is 60.2 Å². The molecule has 0 bridgehead atoms. The summed E-state index contributed by atoms with van der Waals surface area (Å²) in [7, 11) is 4.05. The molecule has 6 atom stereocenters. The van der Waals surface area contributed by atoms with Crippen LogP contribution < -0.4 is 15.1 Å². The Morgan fingerprint density at radius 1 is 0.470 bits per heavy atom. The van der Waals surface area contributed by atoms with Gasteiger partial charge in [-0.1, -0.05) is 82.0 Å². The number of anilines is 3. The Balaban J connectivity index is 0.000000251. The lowest BCUT2D eigenvalue weighted by atomic mass is 9.82. The Kier molecular flexibility index (Phi) is 37.5. The van der Waals surface area contributed by atoms with Gasteiger partial charge in [0.15, 0.2) is 0 Å². The maximum absolute atomic E-state index is 14.2. The molecule has 0 radical (unpaired) electrons. The molecule has 5 fully saturated rings. The van der Waals surface area contributed by atoms with Gasteiger partial charge in [0.05, 0.1) is 96.0 Å². The van der Waals surface area contributed by atoms with E-state index < -0.39 is 36.0 Å². The highest BCUT2D eigenvalue weighted by Crippen LogP contribution is 2.41. The molecule has 4 aromatic rings. The number of carbonyl (C=O) groups excluding carboxylic acids is 8. The van der Waals surface area contributed by atoms with Gasteiger partial charge in [-0.15, -0.1) is 45.3 Å². The molecule has 9 rings (SSSR count). The number of nitrogens with zero attached hydrogens (tertiary/aromatic N) is 5. The van der Waals surface area contributed by atoms with Crippen LogP contribution in [0.2, 0.25) is 0 Å². The molecular formula is C90H125BrN6O16S4. The quantitative estimate of drug-likeness (QED) is 0.0533. The minimum Gasteiger partial charge on any atom is -0.477 e. The average molecular weight is 1760 g/mol. The normalized spacial score (nSPS) is 20.2. The van der Waals surface area contributed by atoms with Gasteiger partial charge in [-0.3, -0.25) is 33.8 Å². The molecule has 0 aromatic carbocycles. The van der Waals surface area contributed by atoms with Crippen molar-refractivity contribution < 1.29 is 76.7 Å². The highest BCUT2D eigenvalue weighted by atomic mass is 79.9. The number of nitrogens with one attached hydrogen (secondary N) is 1. The van der Waals surface area contributed by atoms with E-state index in [2.05, 4.69) is 87.2 Å². The van der Waals surface area contributed by atoms with E-state index in [9.17, 15) is 48.3 Å². The van der Waals surface area contributed by atoms with Crippen LogP contribution in [0.15, 0.2) is 28.7 Å². The Bertz CT molecular complexity index is 4370. The number of carbonyl (C=O) groups is 9.